The Morgan fingerprint density at radius 1 is 1.08 bits per heavy atom. The van der Waals surface area contributed by atoms with Crippen molar-refractivity contribution in [2.75, 3.05) is 12.4 Å². The maximum absolute atomic E-state index is 10.8. The molecule has 0 fully saturated rings. The molecule has 3 rings (SSSR count). The van der Waals surface area contributed by atoms with Gasteiger partial charge in [-0.15, -0.1) is 0 Å². The van der Waals surface area contributed by atoms with Crippen molar-refractivity contribution in [2.45, 2.75) is 0 Å². The summed E-state index contributed by atoms with van der Waals surface area (Å²) in [6.07, 6.45) is 1.46. The predicted octanol–water partition coefficient (Wildman–Crippen LogP) is 3.80. The zero-order chi connectivity index (χ0) is 16.9. The number of rotatable bonds is 5. The van der Waals surface area contributed by atoms with Crippen molar-refractivity contribution in [3.8, 4) is 17.0 Å². The average Bonchev–Trinajstić information content (AvgIpc) is 2.63. The lowest BCUT2D eigenvalue weighted by atomic mass is 10.1. The summed E-state index contributed by atoms with van der Waals surface area (Å²) >= 11 is 0. The largest absolute Gasteiger partial charge is 0.494 e. The molecule has 0 unspecified atom stereocenters. The molecule has 0 spiro atoms. The lowest BCUT2D eigenvalue weighted by Crippen LogP contribution is -1.99. The zero-order valence-corrected chi connectivity index (χ0v) is 12.8. The number of nitrogens with one attached hydrogen (secondary N) is 1. The first-order valence-electron chi connectivity index (χ1n) is 7.14. The van der Waals surface area contributed by atoms with Gasteiger partial charge in [-0.05, 0) is 6.07 Å². The molecule has 0 amide bonds. The lowest BCUT2D eigenvalue weighted by molar-refractivity contribution is -0.384. The molecule has 2 aromatic carbocycles. The Morgan fingerprint density at radius 3 is 2.58 bits per heavy atom. The average molecular weight is 322 g/mol. The van der Waals surface area contributed by atoms with Crippen LogP contribution in [0.25, 0.3) is 11.3 Å². The van der Waals surface area contributed by atoms with Crippen molar-refractivity contribution in [1.29, 1.82) is 0 Å². The number of nitro groups is 1. The van der Waals surface area contributed by atoms with Gasteiger partial charge in [-0.2, -0.15) is 0 Å². The topological polar surface area (TPSA) is 90.2 Å². The second kappa shape index (κ2) is 6.74. The van der Waals surface area contributed by atoms with Crippen LogP contribution in [0.1, 0.15) is 0 Å². The number of non-ortho nitro benzene ring substituents is 1. The highest BCUT2D eigenvalue weighted by molar-refractivity contribution is 5.69. The Kier molecular flexibility index (Phi) is 4.33. The molecule has 0 aliphatic heterocycles. The first kappa shape index (κ1) is 15.4. The van der Waals surface area contributed by atoms with Gasteiger partial charge in [0.15, 0.2) is 0 Å². The highest BCUT2D eigenvalue weighted by atomic mass is 16.6. The molecule has 0 aliphatic carbocycles. The Labute approximate surface area is 138 Å². The molecule has 0 atom stereocenters. The van der Waals surface area contributed by atoms with Crippen LogP contribution < -0.4 is 10.1 Å². The third-order valence-electron chi connectivity index (χ3n) is 3.40. The van der Waals surface area contributed by atoms with Gasteiger partial charge in [-0.1, -0.05) is 30.3 Å². The van der Waals surface area contributed by atoms with E-state index in [1.54, 1.807) is 12.1 Å². The van der Waals surface area contributed by atoms with Gasteiger partial charge in [0, 0.05) is 17.7 Å². The summed E-state index contributed by atoms with van der Waals surface area (Å²) in [6, 6.07) is 15.9. The fraction of sp³-hybridized carbons (Fsp3) is 0.0588. The normalized spacial score (nSPS) is 10.2. The standard InChI is InChI=1S/C17H14N4O3/c1-24-16-9-13(21(22)23)7-8-14(16)20-17-10-15(18-11-19-17)12-5-3-2-4-6-12/h2-11H,1H3,(H,18,19,20). The van der Waals surface area contributed by atoms with Crippen molar-refractivity contribution in [3.05, 3.63) is 71.0 Å². The van der Waals surface area contributed by atoms with Crippen molar-refractivity contribution in [3.63, 3.8) is 0 Å². The third kappa shape index (κ3) is 3.30. The SMILES string of the molecule is COc1cc([N+](=O)[O-])ccc1Nc1cc(-c2ccccc2)ncn1. The summed E-state index contributed by atoms with van der Waals surface area (Å²) in [5.41, 5.74) is 2.29. The molecule has 1 heterocycles. The zero-order valence-electron chi connectivity index (χ0n) is 12.8. The van der Waals surface area contributed by atoms with Crippen molar-refractivity contribution in [1.82, 2.24) is 9.97 Å². The summed E-state index contributed by atoms with van der Waals surface area (Å²) < 4.78 is 5.21. The summed E-state index contributed by atoms with van der Waals surface area (Å²) in [5, 5.41) is 14.0. The molecular formula is C17H14N4O3. The number of nitro benzene ring substituents is 1. The summed E-state index contributed by atoms with van der Waals surface area (Å²) in [5.74, 6) is 0.931. The minimum atomic E-state index is -0.468. The van der Waals surface area contributed by atoms with Crippen LogP contribution in [0.4, 0.5) is 17.2 Å². The van der Waals surface area contributed by atoms with E-state index in [4.69, 9.17) is 4.74 Å². The molecule has 0 saturated heterocycles. The Bertz CT molecular complexity index is 869. The van der Waals surface area contributed by atoms with E-state index in [1.165, 1.54) is 25.6 Å². The van der Waals surface area contributed by atoms with Crippen LogP contribution in [0.2, 0.25) is 0 Å². The van der Waals surface area contributed by atoms with Gasteiger partial charge in [0.2, 0.25) is 0 Å². The van der Waals surface area contributed by atoms with Gasteiger partial charge < -0.3 is 10.1 Å². The van der Waals surface area contributed by atoms with E-state index in [9.17, 15) is 10.1 Å². The molecule has 7 nitrogen and oxygen atoms in total. The van der Waals surface area contributed by atoms with E-state index in [1.807, 2.05) is 30.3 Å². The molecule has 1 aromatic heterocycles. The van der Waals surface area contributed by atoms with E-state index >= 15 is 0 Å². The minimum Gasteiger partial charge on any atom is -0.494 e. The molecule has 0 saturated carbocycles. The number of hydrogen-bond donors (Lipinski definition) is 1. The van der Waals surface area contributed by atoms with Gasteiger partial charge in [0.05, 0.1) is 29.5 Å². The first-order chi connectivity index (χ1) is 11.7. The maximum Gasteiger partial charge on any atom is 0.273 e. The Morgan fingerprint density at radius 2 is 1.88 bits per heavy atom. The van der Waals surface area contributed by atoms with E-state index in [0.29, 0.717) is 17.3 Å². The highest BCUT2D eigenvalue weighted by Crippen LogP contribution is 2.31. The summed E-state index contributed by atoms with van der Waals surface area (Å²) in [6.45, 7) is 0. The molecule has 120 valence electrons. The molecule has 3 aromatic rings. The maximum atomic E-state index is 10.8. The predicted molar refractivity (Wildman–Crippen MR) is 90.4 cm³/mol. The molecule has 0 radical (unpaired) electrons. The van der Waals surface area contributed by atoms with E-state index in [-0.39, 0.29) is 5.69 Å². The van der Waals surface area contributed by atoms with Gasteiger partial charge in [0.25, 0.3) is 5.69 Å². The fourth-order valence-corrected chi connectivity index (χ4v) is 2.23. The van der Waals surface area contributed by atoms with Crippen molar-refractivity contribution in [2.24, 2.45) is 0 Å². The lowest BCUT2D eigenvalue weighted by Gasteiger charge is -2.11. The second-order valence-corrected chi connectivity index (χ2v) is 4.92. The number of benzene rings is 2. The number of anilines is 2. The molecule has 0 bridgehead atoms. The van der Waals surface area contributed by atoms with Crippen LogP contribution in [-0.2, 0) is 0 Å². The molecule has 24 heavy (non-hydrogen) atoms. The molecule has 1 N–H and O–H groups in total. The Hall–Kier alpha value is -3.48. The Balaban J connectivity index is 1.90. The fourth-order valence-electron chi connectivity index (χ4n) is 2.23. The van der Waals surface area contributed by atoms with Gasteiger partial charge in [-0.3, -0.25) is 10.1 Å². The smallest absolute Gasteiger partial charge is 0.273 e. The van der Waals surface area contributed by atoms with E-state index in [2.05, 4.69) is 15.3 Å². The summed E-state index contributed by atoms with van der Waals surface area (Å²) in [4.78, 5) is 18.8. The van der Waals surface area contributed by atoms with Crippen LogP contribution in [0, 0.1) is 10.1 Å². The number of aromatic nitrogens is 2. The number of methoxy groups -OCH3 is 1. The van der Waals surface area contributed by atoms with Crippen LogP contribution in [0.3, 0.4) is 0 Å². The quantitative estimate of drug-likeness (QED) is 0.567. The van der Waals surface area contributed by atoms with Gasteiger partial charge in [0.1, 0.15) is 17.9 Å². The van der Waals surface area contributed by atoms with Crippen LogP contribution in [0.5, 0.6) is 5.75 Å². The molecule has 7 heteroatoms. The monoisotopic (exact) mass is 322 g/mol. The van der Waals surface area contributed by atoms with E-state index < -0.39 is 4.92 Å². The first-order valence-corrected chi connectivity index (χ1v) is 7.14. The third-order valence-corrected chi connectivity index (χ3v) is 3.40. The molecule has 0 aliphatic rings. The number of ether oxygens (including phenoxy) is 1. The van der Waals surface area contributed by atoms with E-state index in [0.717, 1.165) is 11.3 Å². The van der Waals surface area contributed by atoms with Gasteiger partial charge >= 0.3 is 0 Å². The summed E-state index contributed by atoms with van der Waals surface area (Å²) in [7, 11) is 1.46. The second-order valence-electron chi connectivity index (χ2n) is 4.92. The minimum absolute atomic E-state index is 0.0370. The van der Waals surface area contributed by atoms with Crippen LogP contribution >= 0.6 is 0 Å². The number of hydrogen-bond acceptors (Lipinski definition) is 6. The van der Waals surface area contributed by atoms with Crippen molar-refractivity contribution < 1.29 is 9.66 Å². The van der Waals surface area contributed by atoms with Crippen LogP contribution in [0.15, 0.2) is 60.9 Å². The van der Waals surface area contributed by atoms with Crippen molar-refractivity contribution >= 4 is 17.2 Å². The van der Waals surface area contributed by atoms with Gasteiger partial charge in [-0.25, -0.2) is 9.97 Å². The highest BCUT2D eigenvalue weighted by Gasteiger charge is 2.12. The molecular weight excluding hydrogens is 308 g/mol. The van der Waals surface area contributed by atoms with Crippen LogP contribution in [-0.4, -0.2) is 22.0 Å². The number of nitrogens with zero attached hydrogens (tertiary/aromatic N) is 3.